The highest BCUT2D eigenvalue weighted by Gasteiger charge is 2.40. The van der Waals surface area contributed by atoms with Crippen LogP contribution in [-0.4, -0.2) is 18.8 Å². The van der Waals surface area contributed by atoms with E-state index in [1.807, 2.05) is 0 Å². The average Bonchev–Trinajstić information content (AvgIpc) is 3.48. The lowest BCUT2D eigenvalue weighted by molar-refractivity contribution is 0.202. The fraction of sp³-hybridized carbons (Fsp3) is 0.704. The second-order valence-corrected chi connectivity index (χ2v) is 8.98. The summed E-state index contributed by atoms with van der Waals surface area (Å²) in [6.45, 7) is 5.78. The molecule has 1 aromatic carbocycles. The van der Waals surface area contributed by atoms with Gasteiger partial charge in [-0.05, 0) is 56.7 Å². The Kier molecular flexibility index (Phi) is 12.1. The molecule has 2 heteroatoms. The van der Waals surface area contributed by atoms with E-state index < -0.39 is 0 Å². The van der Waals surface area contributed by atoms with Gasteiger partial charge in [0.1, 0.15) is 18.0 Å². The summed E-state index contributed by atoms with van der Waals surface area (Å²) in [6.07, 6.45) is 23.7. The molecule has 29 heavy (non-hydrogen) atoms. The molecule has 2 nitrogen and oxygen atoms in total. The lowest BCUT2D eigenvalue weighted by Crippen LogP contribution is -2.16. The number of rotatable bonds is 18. The van der Waals surface area contributed by atoms with Crippen molar-refractivity contribution >= 4 is 0 Å². The first-order chi connectivity index (χ1) is 14.2. The van der Waals surface area contributed by atoms with E-state index in [1.54, 1.807) is 0 Å². The SMILES string of the molecule is CC/C=C/CCCCCCCCCCCCCc1ccc(OCC2(C)CO2)cc1. The molecule has 164 valence electrons. The molecule has 2 rings (SSSR count). The number of ether oxygens (including phenoxy) is 2. The van der Waals surface area contributed by atoms with Gasteiger partial charge in [-0.15, -0.1) is 0 Å². The Bertz CT molecular complexity index is 542. The second kappa shape index (κ2) is 14.7. The van der Waals surface area contributed by atoms with Crippen molar-refractivity contribution in [3.8, 4) is 5.75 Å². The lowest BCUT2D eigenvalue weighted by Gasteiger charge is -2.09. The van der Waals surface area contributed by atoms with E-state index >= 15 is 0 Å². The molecule has 1 unspecified atom stereocenters. The van der Waals surface area contributed by atoms with Crippen molar-refractivity contribution in [1.29, 1.82) is 0 Å². The summed E-state index contributed by atoms with van der Waals surface area (Å²) in [6, 6.07) is 8.63. The van der Waals surface area contributed by atoms with Crippen molar-refractivity contribution in [2.24, 2.45) is 0 Å². The van der Waals surface area contributed by atoms with Gasteiger partial charge in [0.05, 0.1) is 6.61 Å². The quantitative estimate of drug-likeness (QED) is 0.141. The molecule has 1 fully saturated rings. The second-order valence-electron chi connectivity index (χ2n) is 8.98. The minimum absolute atomic E-state index is 0.0373. The monoisotopic (exact) mass is 400 g/mol. The molecule has 0 aromatic heterocycles. The summed E-state index contributed by atoms with van der Waals surface area (Å²) >= 11 is 0. The van der Waals surface area contributed by atoms with E-state index in [0.717, 1.165) is 12.4 Å². The van der Waals surface area contributed by atoms with Crippen LogP contribution in [-0.2, 0) is 11.2 Å². The van der Waals surface area contributed by atoms with Crippen LogP contribution in [0.5, 0.6) is 5.75 Å². The zero-order valence-electron chi connectivity index (χ0n) is 19.1. The zero-order valence-corrected chi connectivity index (χ0v) is 19.1. The minimum Gasteiger partial charge on any atom is -0.491 e. The number of hydrogen-bond donors (Lipinski definition) is 0. The van der Waals surface area contributed by atoms with E-state index in [-0.39, 0.29) is 5.60 Å². The highest BCUT2D eigenvalue weighted by molar-refractivity contribution is 5.27. The summed E-state index contributed by atoms with van der Waals surface area (Å²) in [5.74, 6) is 0.957. The summed E-state index contributed by atoms with van der Waals surface area (Å²) < 4.78 is 11.1. The maximum atomic E-state index is 5.79. The highest BCUT2D eigenvalue weighted by atomic mass is 16.6. The molecule has 1 aliphatic heterocycles. The zero-order chi connectivity index (χ0) is 20.6. The van der Waals surface area contributed by atoms with E-state index in [9.17, 15) is 0 Å². The fourth-order valence-electron chi connectivity index (χ4n) is 3.66. The molecule has 1 aromatic rings. The Morgan fingerprint density at radius 3 is 1.93 bits per heavy atom. The lowest BCUT2D eigenvalue weighted by atomic mass is 10.0. The molecule has 1 atom stereocenters. The molecule has 0 amide bonds. The van der Waals surface area contributed by atoms with E-state index in [0.29, 0.717) is 6.61 Å². The van der Waals surface area contributed by atoms with E-state index in [4.69, 9.17) is 9.47 Å². The third kappa shape index (κ3) is 12.1. The number of allylic oxidation sites excluding steroid dienone is 2. The molecular weight excluding hydrogens is 356 g/mol. The Balaban J connectivity index is 1.34. The molecular formula is C27H44O2. The number of benzene rings is 1. The van der Waals surface area contributed by atoms with Crippen LogP contribution in [0.2, 0.25) is 0 Å². The summed E-state index contributed by atoms with van der Waals surface area (Å²) in [5, 5.41) is 0. The van der Waals surface area contributed by atoms with Crippen LogP contribution in [0.15, 0.2) is 36.4 Å². The van der Waals surface area contributed by atoms with Gasteiger partial charge in [-0.25, -0.2) is 0 Å². The first kappa shape index (κ1) is 24.0. The van der Waals surface area contributed by atoms with Gasteiger partial charge in [0, 0.05) is 0 Å². The van der Waals surface area contributed by atoms with Crippen molar-refractivity contribution in [2.75, 3.05) is 13.2 Å². The molecule has 0 saturated carbocycles. The fourth-order valence-corrected chi connectivity index (χ4v) is 3.66. The topological polar surface area (TPSA) is 21.8 Å². The van der Waals surface area contributed by atoms with Crippen molar-refractivity contribution in [1.82, 2.24) is 0 Å². The predicted molar refractivity (Wildman–Crippen MR) is 125 cm³/mol. The Hall–Kier alpha value is -1.28. The third-order valence-electron chi connectivity index (χ3n) is 5.84. The third-order valence-corrected chi connectivity index (χ3v) is 5.84. The van der Waals surface area contributed by atoms with Crippen LogP contribution in [0, 0.1) is 0 Å². The molecule has 1 saturated heterocycles. The maximum Gasteiger partial charge on any atom is 0.123 e. The number of hydrogen-bond acceptors (Lipinski definition) is 2. The molecule has 0 bridgehead atoms. The molecule has 1 aliphatic rings. The molecule has 0 spiro atoms. The van der Waals surface area contributed by atoms with Gasteiger partial charge >= 0.3 is 0 Å². The highest BCUT2D eigenvalue weighted by Crippen LogP contribution is 2.27. The van der Waals surface area contributed by atoms with Crippen molar-refractivity contribution in [2.45, 2.75) is 109 Å². The number of epoxide rings is 1. The van der Waals surface area contributed by atoms with Crippen molar-refractivity contribution < 1.29 is 9.47 Å². The van der Waals surface area contributed by atoms with E-state index in [2.05, 4.69) is 50.3 Å². The van der Waals surface area contributed by atoms with Gasteiger partial charge in [0.25, 0.3) is 0 Å². The van der Waals surface area contributed by atoms with Gasteiger partial charge in [-0.3, -0.25) is 0 Å². The normalized spacial score (nSPS) is 18.4. The van der Waals surface area contributed by atoms with Gasteiger partial charge in [0.2, 0.25) is 0 Å². The number of unbranched alkanes of at least 4 members (excludes halogenated alkanes) is 11. The van der Waals surface area contributed by atoms with Crippen LogP contribution < -0.4 is 4.74 Å². The van der Waals surface area contributed by atoms with Crippen LogP contribution in [0.3, 0.4) is 0 Å². The molecule has 1 heterocycles. The molecule has 0 aliphatic carbocycles. The first-order valence-electron chi connectivity index (χ1n) is 12.2. The Morgan fingerprint density at radius 2 is 1.38 bits per heavy atom. The Morgan fingerprint density at radius 1 is 0.828 bits per heavy atom. The average molecular weight is 401 g/mol. The van der Waals surface area contributed by atoms with Crippen LogP contribution in [0.1, 0.15) is 103 Å². The molecule has 0 radical (unpaired) electrons. The summed E-state index contributed by atoms with van der Waals surface area (Å²) in [7, 11) is 0. The number of aryl methyl sites for hydroxylation is 1. The minimum atomic E-state index is -0.0373. The van der Waals surface area contributed by atoms with Gasteiger partial charge < -0.3 is 9.47 Å². The smallest absolute Gasteiger partial charge is 0.123 e. The van der Waals surface area contributed by atoms with Crippen LogP contribution >= 0.6 is 0 Å². The standard InChI is InChI=1S/C27H44O2/c1-3-4-5-6-7-8-9-10-11-12-13-14-15-16-17-18-25-19-21-26(22-20-25)28-23-27(2)24-29-27/h4-5,19-22H,3,6-18,23-24H2,1-2H3/b5-4+. The summed E-state index contributed by atoms with van der Waals surface area (Å²) in [4.78, 5) is 0. The Labute approximate surface area is 180 Å². The van der Waals surface area contributed by atoms with Crippen molar-refractivity contribution in [3.05, 3.63) is 42.0 Å². The van der Waals surface area contributed by atoms with Crippen LogP contribution in [0.4, 0.5) is 0 Å². The van der Waals surface area contributed by atoms with Gasteiger partial charge in [-0.2, -0.15) is 0 Å². The van der Waals surface area contributed by atoms with Crippen LogP contribution in [0.25, 0.3) is 0 Å². The first-order valence-corrected chi connectivity index (χ1v) is 12.2. The van der Waals surface area contributed by atoms with Gasteiger partial charge in [-0.1, -0.05) is 89.0 Å². The van der Waals surface area contributed by atoms with Gasteiger partial charge in [0.15, 0.2) is 0 Å². The van der Waals surface area contributed by atoms with E-state index in [1.165, 1.54) is 95.5 Å². The summed E-state index contributed by atoms with van der Waals surface area (Å²) in [5.41, 5.74) is 1.39. The molecule has 0 N–H and O–H groups in total. The largest absolute Gasteiger partial charge is 0.491 e. The van der Waals surface area contributed by atoms with Crippen molar-refractivity contribution in [3.63, 3.8) is 0 Å². The maximum absolute atomic E-state index is 5.79. The predicted octanol–water partition coefficient (Wildman–Crippen LogP) is 8.04.